The van der Waals surface area contributed by atoms with Gasteiger partial charge in [0, 0.05) is 75.1 Å². The molecule has 5 unspecified atom stereocenters. The van der Waals surface area contributed by atoms with E-state index in [1.807, 2.05) is 48.0 Å². The summed E-state index contributed by atoms with van der Waals surface area (Å²) in [5.74, 6) is -1.82. The van der Waals surface area contributed by atoms with E-state index in [0.717, 1.165) is 18.8 Å². The number of halogens is 1. The van der Waals surface area contributed by atoms with E-state index in [4.69, 9.17) is 4.74 Å². The van der Waals surface area contributed by atoms with Crippen molar-refractivity contribution in [1.29, 1.82) is 0 Å². The zero-order valence-electron chi connectivity index (χ0n) is 33.6. The van der Waals surface area contributed by atoms with E-state index in [1.165, 1.54) is 11.0 Å². The molecule has 3 N–H and O–H groups in total. The lowest BCUT2D eigenvalue weighted by molar-refractivity contribution is -0.132. The number of carbonyl (C=O) groups is 4. The second kappa shape index (κ2) is 15.8. The highest BCUT2D eigenvalue weighted by Gasteiger charge is 2.62. The van der Waals surface area contributed by atoms with Crippen molar-refractivity contribution >= 4 is 39.5 Å². The molecule has 5 atom stereocenters. The third-order valence-corrected chi connectivity index (χ3v) is 14.2. The van der Waals surface area contributed by atoms with E-state index in [2.05, 4.69) is 41.0 Å². The molecule has 4 amide bonds. The van der Waals surface area contributed by atoms with Crippen LogP contribution in [-0.4, -0.2) is 127 Å². The van der Waals surface area contributed by atoms with Gasteiger partial charge >= 0.3 is 6.09 Å². The molecule has 310 valence electrons. The molecule has 2 aliphatic carbocycles. The van der Waals surface area contributed by atoms with Gasteiger partial charge in [-0.3, -0.25) is 28.9 Å². The summed E-state index contributed by atoms with van der Waals surface area (Å²) < 4.78 is 48.3. The summed E-state index contributed by atoms with van der Waals surface area (Å²) in [4.78, 5) is 62.4. The number of hydrogen-bond acceptors (Lipinski definition) is 10. The summed E-state index contributed by atoms with van der Waals surface area (Å²) in [5.41, 5.74) is 0.769. The first-order chi connectivity index (χ1) is 27.0. The van der Waals surface area contributed by atoms with Crippen LogP contribution in [0.3, 0.4) is 0 Å². The number of likely N-dealkylation sites (tertiary alicyclic amines) is 1. The minimum atomic E-state index is -3.84. The molecule has 2 aromatic carbocycles. The van der Waals surface area contributed by atoms with E-state index in [9.17, 15) is 32.0 Å². The average Bonchev–Trinajstić information content (AvgIpc) is 4.06. The first-order valence-corrected chi connectivity index (χ1v) is 21.7. The van der Waals surface area contributed by atoms with Crippen molar-refractivity contribution in [3.05, 3.63) is 65.0 Å². The van der Waals surface area contributed by atoms with Crippen LogP contribution in [0.1, 0.15) is 81.3 Å². The average molecular weight is 810 g/mol. The summed E-state index contributed by atoms with van der Waals surface area (Å²) in [5, 5.41) is 6.00. The first-order valence-electron chi connectivity index (χ1n) is 20.2. The predicted octanol–water partition coefficient (Wildman–Crippen LogP) is 3.53. The molecule has 3 aliphatic heterocycles. The lowest BCUT2D eigenvalue weighted by Gasteiger charge is -2.37. The molecule has 0 spiro atoms. The second-order valence-electron chi connectivity index (χ2n) is 17.6. The zero-order valence-corrected chi connectivity index (χ0v) is 34.4. The topological polar surface area (TPSA) is 161 Å². The number of likely N-dealkylation sites (N-methyl/N-ethyl adjacent to an activating group) is 1. The normalized spacial score (nSPS) is 25.8. The van der Waals surface area contributed by atoms with Gasteiger partial charge in [-0.1, -0.05) is 52.3 Å². The van der Waals surface area contributed by atoms with Gasteiger partial charge < -0.3 is 25.2 Å². The number of nitrogens with zero attached hydrogens (tertiary/aromatic N) is 4. The lowest BCUT2D eigenvalue weighted by Crippen LogP contribution is -2.57. The summed E-state index contributed by atoms with van der Waals surface area (Å²) in [6, 6.07) is 11.1. The maximum atomic E-state index is 14.5. The molecule has 2 aromatic rings. The number of nitrogens with one attached hydrogen (secondary N) is 3. The van der Waals surface area contributed by atoms with E-state index in [0.29, 0.717) is 62.0 Å². The van der Waals surface area contributed by atoms with Gasteiger partial charge in [-0.15, -0.1) is 0 Å². The second-order valence-corrected chi connectivity index (χ2v) is 19.6. The van der Waals surface area contributed by atoms with E-state index in [1.54, 1.807) is 12.1 Å². The Labute approximate surface area is 334 Å². The van der Waals surface area contributed by atoms with Crippen LogP contribution >= 0.6 is 0 Å². The Hall–Kier alpha value is -4.28. The third-order valence-electron chi connectivity index (χ3n) is 12.4. The van der Waals surface area contributed by atoms with Crippen molar-refractivity contribution in [2.45, 2.75) is 102 Å². The number of amides is 4. The molecule has 7 rings (SSSR count). The molecule has 14 nitrogen and oxygen atoms in total. The van der Waals surface area contributed by atoms with E-state index in [-0.39, 0.29) is 55.2 Å². The zero-order chi connectivity index (χ0) is 40.9. The number of rotatable bonds is 12. The van der Waals surface area contributed by atoms with Gasteiger partial charge in [-0.05, 0) is 67.5 Å². The Kier molecular flexibility index (Phi) is 11.3. The number of sulfonamides is 1. The minimum Gasteiger partial charge on any atom is -0.445 e. The maximum Gasteiger partial charge on any atom is 0.410 e. The summed E-state index contributed by atoms with van der Waals surface area (Å²) in [7, 11) is -1.80. The molecule has 4 fully saturated rings. The summed E-state index contributed by atoms with van der Waals surface area (Å²) in [6.45, 7) is 11.9. The molecule has 16 heteroatoms. The van der Waals surface area contributed by atoms with Crippen LogP contribution in [0, 0.1) is 17.2 Å². The number of hydrogen-bond donors (Lipinski definition) is 3. The van der Waals surface area contributed by atoms with E-state index < -0.39 is 50.9 Å². The van der Waals surface area contributed by atoms with Crippen LogP contribution in [-0.2, 0) is 37.4 Å². The van der Waals surface area contributed by atoms with Crippen LogP contribution < -0.4 is 15.4 Å². The number of anilines is 1. The smallest absolute Gasteiger partial charge is 0.410 e. The van der Waals surface area contributed by atoms with Crippen molar-refractivity contribution < 1.29 is 36.7 Å². The molecule has 5 aliphatic rings. The monoisotopic (exact) mass is 809 g/mol. The third kappa shape index (κ3) is 8.92. The number of carbonyl (C=O) groups excluding carboxylic acids is 4. The molecule has 2 saturated heterocycles. The van der Waals surface area contributed by atoms with Gasteiger partial charge in [-0.2, -0.15) is 0 Å². The van der Waals surface area contributed by atoms with Gasteiger partial charge in [0.25, 0.3) is 11.8 Å². The molecule has 2 saturated carbocycles. The Balaban J connectivity index is 1.10. The molecular formula is C41H56FN7O7S. The van der Waals surface area contributed by atoms with E-state index >= 15 is 0 Å². The highest BCUT2D eigenvalue weighted by molar-refractivity contribution is 7.91. The minimum absolute atomic E-state index is 0.0304. The van der Waals surface area contributed by atoms with Crippen molar-refractivity contribution in [3.8, 4) is 0 Å². The quantitative estimate of drug-likeness (QED) is 0.290. The highest BCUT2D eigenvalue weighted by Crippen LogP contribution is 2.47. The predicted molar refractivity (Wildman–Crippen MR) is 212 cm³/mol. The molecule has 57 heavy (non-hydrogen) atoms. The van der Waals surface area contributed by atoms with Crippen molar-refractivity contribution in [3.63, 3.8) is 0 Å². The number of benzene rings is 2. The van der Waals surface area contributed by atoms with Crippen LogP contribution in [0.4, 0.5) is 14.9 Å². The largest absolute Gasteiger partial charge is 0.445 e. The van der Waals surface area contributed by atoms with Crippen LogP contribution in [0.5, 0.6) is 0 Å². The molecule has 3 heterocycles. The Morgan fingerprint density at radius 2 is 1.72 bits per heavy atom. The maximum absolute atomic E-state index is 14.5. The summed E-state index contributed by atoms with van der Waals surface area (Å²) in [6.07, 6.45) is 0.688. The van der Waals surface area contributed by atoms with Gasteiger partial charge in [0.05, 0.1) is 17.8 Å². The fourth-order valence-electron chi connectivity index (χ4n) is 8.35. The van der Waals surface area contributed by atoms with Crippen LogP contribution in [0.2, 0.25) is 0 Å². The number of fused-ring (bicyclic) bond motifs is 1. The highest BCUT2D eigenvalue weighted by atomic mass is 32.2. The van der Waals surface area contributed by atoms with Gasteiger partial charge in [0.1, 0.15) is 17.5 Å². The molecule has 0 aromatic heterocycles. The Bertz CT molecular complexity index is 2000. The van der Waals surface area contributed by atoms with Gasteiger partial charge in [0.15, 0.2) is 0 Å². The number of ether oxygens (including phenoxy) is 1. The lowest BCUT2D eigenvalue weighted by atomic mass is 9.86. The van der Waals surface area contributed by atoms with Crippen LogP contribution in [0.25, 0.3) is 0 Å². The molecule has 0 bridgehead atoms. The molecular weight excluding hydrogens is 754 g/mol. The van der Waals surface area contributed by atoms with Gasteiger partial charge in [0.2, 0.25) is 15.9 Å². The van der Waals surface area contributed by atoms with Crippen molar-refractivity contribution in [2.24, 2.45) is 11.3 Å². The first kappa shape index (κ1) is 40.9. The van der Waals surface area contributed by atoms with Crippen LogP contribution in [0.15, 0.2) is 42.5 Å². The fourth-order valence-corrected chi connectivity index (χ4v) is 9.71. The Morgan fingerprint density at radius 1 is 1.00 bits per heavy atom. The van der Waals surface area contributed by atoms with Crippen molar-refractivity contribution in [1.82, 2.24) is 29.6 Å². The molecule has 0 radical (unpaired) electrons. The number of piperazine rings is 1. The SMILES string of the molecule is CCC1CC1(NC(=O)C1CC(OC(=O)N2Cc3cccc(F)c3C2)CN1CC(Nc1cccc(C(=O)N2CCN(C)CC2)c1)C(C)(C)C)C(=O)NS(=O)(=O)C1CC1. The van der Waals surface area contributed by atoms with Gasteiger partial charge in [-0.25, -0.2) is 17.6 Å². The Morgan fingerprint density at radius 3 is 2.37 bits per heavy atom. The van der Waals surface area contributed by atoms with Crippen molar-refractivity contribution in [2.75, 3.05) is 51.6 Å². The summed E-state index contributed by atoms with van der Waals surface area (Å²) >= 11 is 0. The standard InChI is InChI=1S/C41H56FN7O7S/c1-6-28-21-41(28,38(52)45-57(54,55)31-13-14-31)44-36(50)34-20-30(56-39(53)49-22-27-10-8-12-33(42)32(27)24-49)23-48(34)25-35(40(2,3)4)43-29-11-7-9-26(19-29)37(51)47-17-15-46(5)16-18-47/h7-12,19,28,30-31,34-35,43H,6,13-18,20-25H2,1-5H3,(H,44,50)(H,45,52). The fraction of sp³-hybridized carbons (Fsp3) is 0.610.